The molecule has 0 aliphatic carbocycles. The van der Waals surface area contributed by atoms with Gasteiger partial charge < -0.3 is 14.0 Å². The number of rotatable bonds is 9. The minimum Gasteiger partial charge on any atom is -0.502 e. The molecule has 2 aromatic carbocycles. The fraction of sp³-hybridized carbons (Fsp3) is 0.174. The second-order valence-electron chi connectivity index (χ2n) is 7.41. The maximum absolute atomic E-state index is 11.3. The van der Waals surface area contributed by atoms with Crippen LogP contribution in [0.15, 0.2) is 55.0 Å². The van der Waals surface area contributed by atoms with Crippen LogP contribution < -0.4 is 14.2 Å². The number of aromatic nitrogens is 3. The molecule has 0 atom stereocenters. The molecule has 0 spiro atoms. The molecule has 0 radical (unpaired) electrons. The summed E-state index contributed by atoms with van der Waals surface area (Å²) in [5, 5.41) is 1.26. The molecular formula is C23H19Cl2N5O4S. The van der Waals surface area contributed by atoms with Gasteiger partial charge in [-0.1, -0.05) is 11.6 Å². The average Bonchev–Trinajstić information content (AvgIpc) is 3.25. The highest BCUT2D eigenvalue weighted by Gasteiger charge is 2.14. The van der Waals surface area contributed by atoms with Crippen LogP contribution in [0.3, 0.4) is 0 Å². The van der Waals surface area contributed by atoms with E-state index < -0.39 is 10.0 Å². The van der Waals surface area contributed by atoms with Crippen molar-refractivity contribution in [2.75, 3.05) is 23.5 Å². The third kappa shape index (κ3) is 5.95. The van der Waals surface area contributed by atoms with Crippen molar-refractivity contribution in [3.63, 3.8) is 0 Å². The van der Waals surface area contributed by atoms with Crippen molar-refractivity contribution in [1.82, 2.24) is 14.5 Å². The smallest absolute Gasteiger partial charge is 0.236 e. The first-order chi connectivity index (χ1) is 16.8. The first-order valence-electron chi connectivity index (χ1n) is 10.2. The number of hydrogen-bond donors (Lipinski definition) is 1. The summed E-state index contributed by atoms with van der Waals surface area (Å²) in [5.74, 6) is 1.25. The average molecular weight is 532 g/mol. The molecule has 0 fully saturated rings. The van der Waals surface area contributed by atoms with Crippen LogP contribution in [0.4, 0.5) is 11.6 Å². The number of fused-ring (bicyclic) bond motifs is 1. The number of nitrogens with one attached hydrogen (secondary N) is 1. The van der Waals surface area contributed by atoms with Crippen LogP contribution in [-0.4, -0.2) is 41.7 Å². The third-order valence-corrected chi connectivity index (χ3v) is 5.77. The lowest BCUT2D eigenvalue weighted by atomic mass is 10.2. The summed E-state index contributed by atoms with van der Waals surface area (Å²) in [6.45, 7) is 7.95. The maximum Gasteiger partial charge on any atom is 0.236 e. The molecule has 4 aromatic rings. The molecule has 2 aromatic heterocycles. The normalized spacial score (nSPS) is 11.3. The molecule has 1 N–H and O–H groups in total. The van der Waals surface area contributed by atoms with Gasteiger partial charge in [-0.15, -0.1) is 11.6 Å². The van der Waals surface area contributed by atoms with Gasteiger partial charge in [0.25, 0.3) is 0 Å². The van der Waals surface area contributed by atoms with Crippen molar-refractivity contribution in [1.29, 1.82) is 0 Å². The van der Waals surface area contributed by atoms with Gasteiger partial charge in [0.05, 0.1) is 35.9 Å². The summed E-state index contributed by atoms with van der Waals surface area (Å²) in [5.41, 5.74) is 2.61. The summed E-state index contributed by atoms with van der Waals surface area (Å²) in [4.78, 5) is 11.5. The van der Waals surface area contributed by atoms with Gasteiger partial charge in [-0.3, -0.25) is 4.72 Å². The maximum atomic E-state index is 11.3. The molecule has 9 nitrogen and oxygen atoms in total. The van der Waals surface area contributed by atoms with E-state index in [0.717, 1.165) is 22.8 Å². The Hall–Kier alpha value is -3.52. The third-order valence-electron chi connectivity index (χ3n) is 4.78. The Balaban J connectivity index is 1.52. The fourth-order valence-corrected chi connectivity index (χ4v) is 4.10. The van der Waals surface area contributed by atoms with Crippen molar-refractivity contribution in [2.24, 2.45) is 0 Å². The van der Waals surface area contributed by atoms with Gasteiger partial charge in [-0.25, -0.2) is 23.2 Å². The molecule has 2 heterocycles. The summed E-state index contributed by atoms with van der Waals surface area (Å²) in [6, 6.07) is 11.0. The van der Waals surface area contributed by atoms with Crippen molar-refractivity contribution in [3.05, 3.63) is 77.0 Å². The molecule has 0 unspecified atom stereocenters. The van der Waals surface area contributed by atoms with E-state index in [9.17, 15) is 8.42 Å². The van der Waals surface area contributed by atoms with Crippen LogP contribution in [0.2, 0.25) is 5.02 Å². The molecule has 0 amide bonds. The minimum absolute atomic E-state index is 0.000806. The van der Waals surface area contributed by atoms with Gasteiger partial charge in [0.2, 0.25) is 21.7 Å². The van der Waals surface area contributed by atoms with E-state index in [-0.39, 0.29) is 19.2 Å². The molecule has 180 valence electrons. The van der Waals surface area contributed by atoms with E-state index in [1.54, 1.807) is 12.1 Å². The molecule has 4 rings (SSSR count). The number of ether oxygens (including phenoxy) is 2. The van der Waals surface area contributed by atoms with E-state index >= 15 is 0 Å². The van der Waals surface area contributed by atoms with Crippen LogP contribution in [0.1, 0.15) is 5.56 Å². The Morgan fingerprint density at radius 1 is 1.14 bits per heavy atom. The van der Waals surface area contributed by atoms with Crippen LogP contribution in [0, 0.1) is 6.57 Å². The molecule has 35 heavy (non-hydrogen) atoms. The Labute approximate surface area is 212 Å². The zero-order valence-corrected chi connectivity index (χ0v) is 20.7. The predicted octanol–water partition coefficient (Wildman–Crippen LogP) is 5.19. The van der Waals surface area contributed by atoms with Crippen LogP contribution in [0.25, 0.3) is 21.4 Å². The highest BCUT2D eigenvalue weighted by Crippen LogP contribution is 2.39. The first kappa shape index (κ1) is 24.6. The minimum atomic E-state index is -3.44. The number of anilines is 1. The van der Waals surface area contributed by atoms with Crippen molar-refractivity contribution >= 4 is 55.8 Å². The Bertz CT molecular complexity index is 1520. The van der Waals surface area contributed by atoms with E-state index in [0.29, 0.717) is 33.7 Å². The van der Waals surface area contributed by atoms with Gasteiger partial charge in [0.15, 0.2) is 0 Å². The molecule has 0 saturated heterocycles. The largest absolute Gasteiger partial charge is 0.502 e. The lowest BCUT2D eigenvalue weighted by Gasteiger charge is -2.13. The SMILES string of the molecule is [C-]#[N+]c1cc(-n2ccc3cc(OCc4cnc(NS(C)(=O)=O)nc4)ccc32)cc(Cl)c1OCCCl. The van der Waals surface area contributed by atoms with Crippen LogP contribution in [0.5, 0.6) is 11.5 Å². The van der Waals surface area contributed by atoms with E-state index in [1.807, 2.05) is 35.0 Å². The summed E-state index contributed by atoms with van der Waals surface area (Å²) in [7, 11) is -3.44. The molecule has 12 heteroatoms. The van der Waals surface area contributed by atoms with Crippen molar-refractivity contribution in [2.45, 2.75) is 6.61 Å². The second-order valence-corrected chi connectivity index (χ2v) is 9.94. The van der Waals surface area contributed by atoms with E-state index in [2.05, 4.69) is 19.5 Å². The number of halogens is 2. The molecule has 0 aliphatic heterocycles. The van der Waals surface area contributed by atoms with Crippen molar-refractivity contribution < 1.29 is 17.9 Å². The van der Waals surface area contributed by atoms with Gasteiger partial charge in [-0.05, 0) is 36.4 Å². The summed E-state index contributed by atoms with van der Waals surface area (Å²) >= 11 is 12.1. The van der Waals surface area contributed by atoms with Gasteiger partial charge in [0.1, 0.15) is 18.1 Å². The second kappa shape index (κ2) is 10.4. The zero-order chi connectivity index (χ0) is 25.0. The fourth-order valence-electron chi connectivity index (χ4n) is 3.32. The van der Waals surface area contributed by atoms with Crippen LogP contribution in [-0.2, 0) is 16.6 Å². The quantitative estimate of drug-likeness (QED) is 0.235. The number of sulfonamides is 1. The molecule has 0 aliphatic rings. The number of hydrogen-bond acceptors (Lipinski definition) is 6. The standard InChI is InChI=1S/C23H19Cl2N5O4S/c1-26-20-11-17(10-19(25)22(20)33-8-6-24)30-7-5-16-9-18(3-4-21(16)30)34-14-15-12-27-23(28-13-15)29-35(2,31)32/h3-5,7,9-13H,6,8,14H2,2H3,(H,27,28,29). The highest BCUT2D eigenvalue weighted by molar-refractivity contribution is 7.91. The Morgan fingerprint density at radius 2 is 1.91 bits per heavy atom. The molecule has 0 bridgehead atoms. The lowest BCUT2D eigenvalue weighted by Crippen LogP contribution is -2.12. The van der Waals surface area contributed by atoms with E-state index in [4.69, 9.17) is 39.2 Å². The Morgan fingerprint density at radius 3 is 2.60 bits per heavy atom. The van der Waals surface area contributed by atoms with Gasteiger partial charge >= 0.3 is 0 Å². The molecular weight excluding hydrogens is 513 g/mol. The highest BCUT2D eigenvalue weighted by atomic mass is 35.5. The van der Waals surface area contributed by atoms with E-state index in [1.165, 1.54) is 12.4 Å². The van der Waals surface area contributed by atoms with Gasteiger partial charge in [0, 0.05) is 35.2 Å². The number of alkyl halides is 1. The number of benzene rings is 2. The van der Waals surface area contributed by atoms with Gasteiger partial charge in [-0.2, -0.15) is 0 Å². The lowest BCUT2D eigenvalue weighted by molar-refractivity contribution is 0.305. The Kier molecular flexibility index (Phi) is 7.31. The summed E-state index contributed by atoms with van der Waals surface area (Å²) < 4.78 is 38.0. The molecule has 0 saturated carbocycles. The van der Waals surface area contributed by atoms with Crippen molar-refractivity contribution in [3.8, 4) is 17.2 Å². The summed E-state index contributed by atoms with van der Waals surface area (Å²) in [6.07, 6.45) is 5.90. The topological polar surface area (TPSA) is 99.7 Å². The number of nitrogens with zero attached hydrogens (tertiary/aromatic N) is 4. The zero-order valence-electron chi connectivity index (χ0n) is 18.4. The first-order valence-corrected chi connectivity index (χ1v) is 13.0. The monoisotopic (exact) mass is 531 g/mol. The van der Waals surface area contributed by atoms with Crippen LogP contribution >= 0.6 is 23.2 Å². The predicted molar refractivity (Wildman–Crippen MR) is 136 cm³/mol.